The predicted molar refractivity (Wildman–Crippen MR) is 70.0 cm³/mol. The first-order valence-electron chi connectivity index (χ1n) is 5.44. The smallest absolute Gasteiger partial charge is 0.237 e. The van der Waals surface area contributed by atoms with Gasteiger partial charge in [0.05, 0.1) is 23.2 Å². The fourth-order valence-electron chi connectivity index (χ4n) is 1.68. The lowest BCUT2D eigenvalue weighted by molar-refractivity contribution is -0.118. The summed E-state index contributed by atoms with van der Waals surface area (Å²) in [6, 6.07) is 4.13. The summed E-state index contributed by atoms with van der Waals surface area (Å²) in [5.41, 5.74) is 4.80. The summed E-state index contributed by atoms with van der Waals surface area (Å²) >= 11 is 4.87. The Morgan fingerprint density at radius 2 is 2.22 bits per heavy atom. The van der Waals surface area contributed by atoms with E-state index in [0.717, 1.165) is 0 Å². The second-order valence-electron chi connectivity index (χ2n) is 4.25. The molecule has 1 saturated carbocycles. The van der Waals surface area contributed by atoms with Crippen molar-refractivity contribution in [3.05, 3.63) is 24.0 Å². The monoisotopic (exact) mass is 268 g/mol. The van der Waals surface area contributed by atoms with Crippen molar-refractivity contribution in [1.82, 2.24) is 0 Å². The van der Waals surface area contributed by atoms with Crippen molar-refractivity contribution in [1.29, 1.82) is 0 Å². The Hall–Kier alpha value is -1.69. The van der Waals surface area contributed by atoms with E-state index in [1.807, 2.05) is 0 Å². The van der Waals surface area contributed by atoms with Crippen LogP contribution in [0.25, 0.3) is 0 Å². The molecule has 0 unspecified atom stereocenters. The minimum Gasteiger partial charge on any atom is -0.497 e. The third-order valence-electron chi connectivity index (χ3n) is 3.08. The van der Waals surface area contributed by atoms with Crippen LogP contribution in [0.1, 0.15) is 12.8 Å². The van der Waals surface area contributed by atoms with Crippen LogP contribution < -0.4 is 15.8 Å². The van der Waals surface area contributed by atoms with Crippen LogP contribution in [-0.2, 0) is 4.79 Å². The number of carbonyl (C=O) groups excluding carboxylic acids is 1. The number of nitrogens with one attached hydrogen (secondary N) is 1. The Morgan fingerprint density at radius 3 is 2.72 bits per heavy atom. The molecule has 96 valence electrons. The van der Waals surface area contributed by atoms with Crippen LogP contribution >= 0.6 is 12.2 Å². The standard InChI is InChI=1S/C12H13FN2O2S/c1-17-7-2-3-8(13)9(6-7)15-11(16)12(4-5-12)10(14)18/h2-3,6H,4-5H2,1H3,(H2,14,18)(H,15,16). The Labute approximate surface area is 109 Å². The van der Waals surface area contributed by atoms with Gasteiger partial charge in [-0.25, -0.2) is 4.39 Å². The number of amides is 1. The highest BCUT2D eigenvalue weighted by Crippen LogP contribution is 2.47. The summed E-state index contributed by atoms with van der Waals surface area (Å²) in [6.07, 6.45) is 1.22. The summed E-state index contributed by atoms with van der Waals surface area (Å²) in [4.78, 5) is 12.2. The molecule has 0 spiro atoms. The summed E-state index contributed by atoms with van der Waals surface area (Å²) in [6.45, 7) is 0. The van der Waals surface area contributed by atoms with Gasteiger partial charge in [-0.05, 0) is 25.0 Å². The molecule has 1 aromatic rings. The topological polar surface area (TPSA) is 64.3 Å². The maximum absolute atomic E-state index is 13.5. The molecule has 0 aliphatic heterocycles. The van der Waals surface area contributed by atoms with Gasteiger partial charge in [0.2, 0.25) is 5.91 Å². The van der Waals surface area contributed by atoms with Crippen molar-refractivity contribution in [3.8, 4) is 5.75 Å². The maximum atomic E-state index is 13.5. The van der Waals surface area contributed by atoms with E-state index < -0.39 is 11.2 Å². The maximum Gasteiger partial charge on any atom is 0.237 e. The van der Waals surface area contributed by atoms with Gasteiger partial charge in [-0.3, -0.25) is 4.79 Å². The molecule has 1 aliphatic carbocycles. The molecule has 1 aliphatic rings. The van der Waals surface area contributed by atoms with Crippen LogP contribution in [0.2, 0.25) is 0 Å². The molecule has 0 atom stereocenters. The largest absolute Gasteiger partial charge is 0.497 e. The van der Waals surface area contributed by atoms with E-state index in [1.54, 1.807) is 0 Å². The molecule has 1 fully saturated rings. The molecule has 1 amide bonds. The van der Waals surface area contributed by atoms with Crippen molar-refractivity contribution in [3.63, 3.8) is 0 Å². The molecule has 2 rings (SSSR count). The summed E-state index contributed by atoms with van der Waals surface area (Å²) in [5.74, 6) is -0.420. The molecule has 0 heterocycles. The van der Waals surface area contributed by atoms with Crippen LogP contribution in [0.15, 0.2) is 18.2 Å². The van der Waals surface area contributed by atoms with E-state index in [0.29, 0.717) is 18.6 Å². The Balaban J connectivity index is 2.19. The molecule has 0 saturated heterocycles. The first-order valence-corrected chi connectivity index (χ1v) is 5.85. The molecule has 0 radical (unpaired) electrons. The lowest BCUT2D eigenvalue weighted by Crippen LogP contribution is -2.35. The van der Waals surface area contributed by atoms with E-state index in [-0.39, 0.29) is 16.6 Å². The second kappa shape index (κ2) is 4.53. The SMILES string of the molecule is COc1ccc(F)c(NC(=O)C2(C(N)=S)CC2)c1. The van der Waals surface area contributed by atoms with E-state index in [2.05, 4.69) is 5.32 Å². The van der Waals surface area contributed by atoms with Crippen LogP contribution in [0.3, 0.4) is 0 Å². The number of halogens is 1. The Bertz CT molecular complexity index is 515. The first-order chi connectivity index (χ1) is 8.49. The number of carbonyl (C=O) groups is 1. The fraction of sp³-hybridized carbons (Fsp3) is 0.333. The lowest BCUT2D eigenvalue weighted by Gasteiger charge is -2.14. The average molecular weight is 268 g/mol. The number of hydrogen-bond donors (Lipinski definition) is 2. The number of methoxy groups -OCH3 is 1. The van der Waals surface area contributed by atoms with Crippen molar-refractivity contribution in [2.45, 2.75) is 12.8 Å². The van der Waals surface area contributed by atoms with Crippen molar-refractivity contribution in [2.24, 2.45) is 11.1 Å². The van der Waals surface area contributed by atoms with E-state index in [9.17, 15) is 9.18 Å². The molecule has 18 heavy (non-hydrogen) atoms. The van der Waals surface area contributed by atoms with Crippen molar-refractivity contribution in [2.75, 3.05) is 12.4 Å². The van der Waals surface area contributed by atoms with E-state index in [1.165, 1.54) is 25.3 Å². The normalized spacial score (nSPS) is 15.9. The van der Waals surface area contributed by atoms with Crippen LogP contribution in [0.4, 0.5) is 10.1 Å². The quantitative estimate of drug-likeness (QED) is 0.818. The number of benzene rings is 1. The minimum atomic E-state index is -0.801. The molecule has 3 N–H and O–H groups in total. The molecule has 1 aromatic carbocycles. The van der Waals surface area contributed by atoms with Gasteiger partial charge < -0.3 is 15.8 Å². The molecule has 0 bridgehead atoms. The van der Waals surface area contributed by atoms with Crippen molar-refractivity contribution < 1.29 is 13.9 Å². The summed E-state index contributed by atoms with van der Waals surface area (Å²) in [5, 5.41) is 2.51. The number of ether oxygens (including phenoxy) is 1. The van der Waals surface area contributed by atoms with Gasteiger partial charge in [0.25, 0.3) is 0 Å². The fourth-order valence-corrected chi connectivity index (χ4v) is 1.98. The van der Waals surface area contributed by atoms with E-state index >= 15 is 0 Å². The van der Waals surface area contributed by atoms with Crippen molar-refractivity contribution >= 4 is 28.8 Å². The van der Waals surface area contributed by atoms with Gasteiger partial charge in [0.15, 0.2) is 0 Å². The molecule has 0 aromatic heterocycles. The molecule has 6 heteroatoms. The highest BCUT2D eigenvalue weighted by molar-refractivity contribution is 7.80. The minimum absolute atomic E-state index is 0.0712. The van der Waals surface area contributed by atoms with Crippen LogP contribution in [-0.4, -0.2) is 18.0 Å². The number of thiocarbonyl (C=S) groups is 1. The van der Waals surface area contributed by atoms with Gasteiger partial charge >= 0.3 is 0 Å². The molecule has 4 nitrogen and oxygen atoms in total. The zero-order valence-corrected chi connectivity index (χ0v) is 10.6. The average Bonchev–Trinajstić information content (AvgIpc) is 3.13. The Morgan fingerprint density at radius 1 is 1.56 bits per heavy atom. The number of anilines is 1. The van der Waals surface area contributed by atoms with Gasteiger partial charge in [-0.2, -0.15) is 0 Å². The molecular formula is C12H13FN2O2S. The van der Waals surface area contributed by atoms with Gasteiger partial charge in [-0.15, -0.1) is 0 Å². The second-order valence-corrected chi connectivity index (χ2v) is 4.69. The highest BCUT2D eigenvalue weighted by Gasteiger charge is 2.52. The Kier molecular flexibility index (Phi) is 3.21. The number of hydrogen-bond acceptors (Lipinski definition) is 3. The first kappa shape index (κ1) is 12.8. The predicted octanol–water partition coefficient (Wildman–Crippen LogP) is 1.84. The summed E-state index contributed by atoms with van der Waals surface area (Å²) in [7, 11) is 1.47. The van der Waals surface area contributed by atoms with Crippen LogP contribution in [0, 0.1) is 11.2 Å². The zero-order chi connectivity index (χ0) is 13.3. The van der Waals surface area contributed by atoms with Gasteiger partial charge in [0, 0.05) is 6.07 Å². The van der Waals surface area contributed by atoms with Gasteiger partial charge in [-0.1, -0.05) is 12.2 Å². The van der Waals surface area contributed by atoms with E-state index in [4.69, 9.17) is 22.7 Å². The molecular weight excluding hydrogens is 255 g/mol. The summed E-state index contributed by atoms with van der Waals surface area (Å²) < 4.78 is 18.5. The third kappa shape index (κ3) is 2.15. The van der Waals surface area contributed by atoms with Gasteiger partial charge in [0.1, 0.15) is 11.6 Å². The number of nitrogens with two attached hydrogens (primary N) is 1. The number of rotatable bonds is 4. The highest BCUT2D eigenvalue weighted by atomic mass is 32.1. The zero-order valence-electron chi connectivity index (χ0n) is 9.83. The van der Waals surface area contributed by atoms with Crippen LogP contribution in [0.5, 0.6) is 5.75 Å². The lowest BCUT2D eigenvalue weighted by atomic mass is 10.1. The third-order valence-corrected chi connectivity index (χ3v) is 3.47.